The monoisotopic (exact) mass is 445 g/mol. The molecule has 33 heavy (non-hydrogen) atoms. The van der Waals surface area contributed by atoms with Crippen LogP contribution in [0.2, 0.25) is 0 Å². The van der Waals surface area contributed by atoms with E-state index in [1.165, 1.54) is 12.0 Å². The Morgan fingerprint density at radius 1 is 0.970 bits per heavy atom. The first-order chi connectivity index (χ1) is 16.1. The van der Waals surface area contributed by atoms with Gasteiger partial charge in [0.1, 0.15) is 11.9 Å². The number of rotatable bonds is 6. The summed E-state index contributed by atoms with van der Waals surface area (Å²) in [5.74, 6) is -0.279. The van der Waals surface area contributed by atoms with Gasteiger partial charge in [-0.1, -0.05) is 54.6 Å². The van der Waals surface area contributed by atoms with Crippen LogP contribution in [0.5, 0.6) is 5.75 Å². The van der Waals surface area contributed by atoms with Crippen LogP contribution in [0.3, 0.4) is 0 Å². The van der Waals surface area contributed by atoms with Crippen molar-refractivity contribution in [3.8, 4) is 5.75 Å². The van der Waals surface area contributed by atoms with Gasteiger partial charge in [-0.25, -0.2) is 4.79 Å². The van der Waals surface area contributed by atoms with E-state index < -0.39 is 12.2 Å². The van der Waals surface area contributed by atoms with Crippen molar-refractivity contribution in [1.82, 2.24) is 10.2 Å². The Kier molecular flexibility index (Phi) is 5.62. The number of hydrogen-bond donors (Lipinski definition) is 2. The molecule has 1 saturated heterocycles. The summed E-state index contributed by atoms with van der Waals surface area (Å²) < 4.78 is 5.31. The van der Waals surface area contributed by atoms with Crippen LogP contribution in [-0.2, 0) is 16.0 Å². The predicted octanol–water partition coefficient (Wildman–Crippen LogP) is 3.58. The van der Waals surface area contributed by atoms with Gasteiger partial charge in [-0.3, -0.25) is 14.5 Å². The average Bonchev–Trinajstić information content (AvgIpc) is 3.12. The van der Waals surface area contributed by atoms with Crippen LogP contribution in [0.25, 0.3) is 0 Å². The number of methoxy groups -OCH3 is 1. The molecule has 0 spiro atoms. The number of hydrogen-bond acceptors (Lipinski definition) is 4. The van der Waals surface area contributed by atoms with Crippen molar-refractivity contribution < 1.29 is 19.1 Å². The minimum atomic E-state index is -0.785. The number of urea groups is 1. The SMILES string of the molecule is COc1ccccc1NC(=O)N[C@H](Cc1ccccc1)N1C(=O)[C@@H]2[C@H](C1=O)[C@H]1C=C[C@H]2CC1. The lowest BCUT2D eigenvalue weighted by Crippen LogP contribution is -2.53. The van der Waals surface area contributed by atoms with Crippen LogP contribution in [-0.4, -0.2) is 36.0 Å². The van der Waals surface area contributed by atoms with Crippen molar-refractivity contribution in [2.75, 3.05) is 12.4 Å². The van der Waals surface area contributed by atoms with E-state index in [4.69, 9.17) is 4.74 Å². The van der Waals surface area contributed by atoms with Crippen molar-refractivity contribution in [2.45, 2.75) is 25.4 Å². The summed E-state index contributed by atoms with van der Waals surface area (Å²) in [4.78, 5) is 41.3. The molecule has 170 valence electrons. The van der Waals surface area contributed by atoms with Crippen LogP contribution in [0.1, 0.15) is 18.4 Å². The first-order valence-electron chi connectivity index (χ1n) is 11.4. The number of ether oxygens (including phenoxy) is 1. The normalized spacial score (nSPS) is 26.2. The lowest BCUT2D eigenvalue weighted by atomic mass is 9.63. The van der Waals surface area contributed by atoms with Gasteiger partial charge < -0.3 is 15.4 Å². The predicted molar refractivity (Wildman–Crippen MR) is 123 cm³/mol. The third-order valence-corrected chi connectivity index (χ3v) is 7.03. The third kappa shape index (κ3) is 3.88. The number of likely N-dealkylation sites (tertiary alicyclic amines) is 1. The van der Waals surface area contributed by atoms with Gasteiger partial charge in [0.15, 0.2) is 0 Å². The summed E-state index contributed by atoms with van der Waals surface area (Å²) in [6, 6.07) is 16.1. The quantitative estimate of drug-likeness (QED) is 0.526. The molecule has 2 N–H and O–H groups in total. The third-order valence-electron chi connectivity index (χ3n) is 7.03. The van der Waals surface area contributed by atoms with Gasteiger partial charge in [-0.15, -0.1) is 0 Å². The molecule has 4 aliphatic rings. The Morgan fingerprint density at radius 3 is 2.18 bits per heavy atom. The van der Waals surface area contributed by atoms with E-state index >= 15 is 0 Å². The van der Waals surface area contributed by atoms with E-state index in [1.807, 2.05) is 36.4 Å². The maximum absolute atomic E-state index is 13.5. The van der Waals surface area contributed by atoms with E-state index in [0.717, 1.165) is 18.4 Å². The largest absolute Gasteiger partial charge is 0.495 e. The number of carbonyl (C=O) groups is 3. The molecule has 2 bridgehead atoms. The number of imide groups is 1. The molecule has 1 saturated carbocycles. The molecular formula is C26H27N3O4. The van der Waals surface area contributed by atoms with Gasteiger partial charge >= 0.3 is 6.03 Å². The topological polar surface area (TPSA) is 87.7 Å². The Bertz CT molecular complexity index is 1070. The van der Waals surface area contributed by atoms with E-state index in [9.17, 15) is 14.4 Å². The number of fused-ring (bicyclic) bond motifs is 1. The lowest BCUT2D eigenvalue weighted by molar-refractivity contribution is -0.143. The molecule has 3 aliphatic carbocycles. The van der Waals surface area contributed by atoms with Crippen molar-refractivity contribution in [1.29, 1.82) is 0 Å². The second kappa shape index (κ2) is 8.73. The molecule has 0 aromatic heterocycles. The fourth-order valence-electron chi connectivity index (χ4n) is 5.51. The van der Waals surface area contributed by atoms with E-state index in [1.54, 1.807) is 18.2 Å². The minimum Gasteiger partial charge on any atom is -0.495 e. The van der Waals surface area contributed by atoms with Crippen LogP contribution in [0, 0.1) is 23.7 Å². The maximum Gasteiger partial charge on any atom is 0.320 e. The molecular weight excluding hydrogens is 418 g/mol. The van der Waals surface area contributed by atoms with Gasteiger partial charge in [0.05, 0.1) is 24.6 Å². The summed E-state index contributed by atoms with van der Waals surface area (Å²) in [6.07, 6.45) is 5.60. The number of allylic oxidation sites excluding steroid dienone is 2. The second-order valence-corrected chi connectivity index (χ2v) is 8.89. The second-order valence-electron chi connectivity index (χ2n) is 8.89. The number of benzene rings is 2. The van der Waals surface area contributed by atoms with Gasteiger partial charge in [-0.05, 0) is 42.4 Å². The first-order valence-corrected chi connectivity index (χ1v) is 11.4. The molecule has 2 fully saturated rings. The zero-order chi connectivity index (χ0) is 22.9. The van der Waals surface area contributed by atoms with E-state index in [0.29, 0.717) is 17.9 Å². The zero-order valence-corrected chi connectivity index (χ0v) is 18.4. The average molecular weight is 446 g/mol. The van der Waals surface area contributed by atoms with Gasteiger partial charge in [-0.2, -0.15) is 0 Å². The van der Waals surface area contributed by atoms with Crippen molar-refractivity contribution in [3.63, 3.8) is 0 Å². The fourth-order valence-corrected chi connectivity index (χ4v) is 5.51. The van der Waals surface area contributed by atoms with Crippen LogP contribution in [0.15, 0.2) is 66.7 Å². The Hall–Kier alpha value is -3.61. The molecule has 1 heterocycles. The number of nitrogens with one attached hydrogen (secondary N) is 2. The van der Waals surface area contributed by atoms with Gasteiger partial charge in [0, 0.05) is 6.42 Å². The van der Waals surface area contributed by atoms with E-state index in [2.05, 4.69) is 22.8 Å². The summed E-state index contributed by atoms with van der Waals surface area (Å²) >= 11 is 0. The number of amides is 4. The van der Waals surface area contributed by atoms with E-state index in [-0.39, 0.29) is 35.5 Å². The number of carbonyl (C=O) groups excluding carboxylic acids is 3. The Balaban J connectivity index is 1.41. The van der Waals surface area contributed by atoms with Crippen molar-refractivity contribution in [3.05, 3.63) is 72.3 Å². The molecule has 2 aromatic carbocycles. The van der Waals surface area contributed by atoms with Gasteiger partial charge in [0.25, 0.3) is 0 Å². The molecule has 5 atom stereocenters. The number of anilines is 1. The highest BCUT2D eigenvalue weighted by Crippen LogP contribution is 2.50. The number of para-hydroxylation sites is 2. The summed E-state index contributed by atoms with van der Waals surface area (Å²) in [6.45, 7) is 0. The summed E-state index contributed by atoms with van der Waals surface area (Å²) in [5.41, 5.74) is 1.43. The highest BCUT2D eigenvalue weighted by Gasteiger charge is 2.58. The van der Waals surface area contributed by atoms with Crippen LogP contribution in [0.4, 0.5) is 10.5 Å². The van der Waals surface area contributed by atoms with Gasteiger partial charge in [0.2, 0.25) is 11.8 Å². The molecule has 1 aliphatic heterocycles. The van der Waals surface area contributed by atoms with Crippen molar-refractivity contribution in [2.24, 2.45) is 23.7 Å². The Morgan fingerprint density at radius 2 is 1.58 bits per heavy atom. The fraction of sp³-hybridized carbons (Fsp3) is 0.346. The summed E-state index contributed by atoms with van der Waals surface area (Å²) in [5, 5.41) is 5.67. The molecule has 7 nitrogen and oxygen atoms in total. The van der Waals surface area contributed by atoms with Crippen molar-refractivity contribution >= 4 is 23.5 Å². The molecule has 0 radical (unpaired) electrons. The molecule has 6 rings (SSSR count). The minimum absolute atomic E-state index is 0.0984. The standard InChI is InChI=1S/C26H27N3O4/c1-33-20-10-6-5-9-19(20)27-26(32)28-21(15-16-7-3-2-4-8-16)29-24(30)22-17-11-12-18(14-13-17)23(22)25(29)31/h2-12,17-18,21-23H,13-15H2,1H3,(H2,27,28,32)/t17-,18-,21-,22-,23+/m0/s1. The highest BCUT2D eigenvalue weighted by molar-refractivity contribution is 6.06. The maximum atomic E-state index is 13.5. The Labute approximate surface area is 192 Å². The molecule has 7 heteroatoms. The zero-order valence-electron chi connectivity index (χ0n) is 18.4. The lowest BCUT2D eigenvalue weighted by Gasteiger charge is -2.38. The number of nitrogens with zero attached hydrogens (tertiary/aromatic N) is 1. The molecule has 2 aromatic rings. The molecule has 0 unspecified atom stereocenters. The highest BCUT2D eigenvalue weighted by atomic mass is 16.5. The molecule has 4 amide bonds. The first kappa shape index (κ1) is 21.2. The smallest absolute Gasteiger partial charge is 0.320 e. The summed E-state index contributed by atoms with van der Waals surface area (Å²) in [7, 11) is 1.53. The van der Waals surface area contributed by atoms with Crippen LogP contribution < -0.4 is 15.4 Å². The van der Waals surface area contributed by atoms with Crippen LogP contribution >= 0.6 is 0 Å².